The van der Waals surface area contributed by atoms with E-state index in [0.717, 1.165) is 6.42 Å². The molecule has 2 heteroatoms. The largest absolute Gasteiger partial charge is 0.360 e. The van der Waals surface area contributed by atoms with Gasteiger partial charge in [0.25, 0.3) is 0 Å². The topological polar surface area (TPSA) is 41.8 Å². The molecule has 0 aromatic carbocycles. The molecule has 0 bridgehead atoms. The highest BCUT2D eigenvalue weighted by molar-refractivity contribution is 5.37. The maximum absolute atomic E-state index is 6.43. The first kappa shape index (κ1) is 9.46. The van der Waals surface area contributed by atoms with Gasteiger partial charge >= 0.3 is 0 Å². The number of H-pyrrole nitrogens is 1. The molecule has 15 heavy (non-hydrogen) atoms. The van der Waals surface area contributed by atoms with E-state index in [2.05, 4.69) is 24.9 Å². The average molecular weight is 204 g/mol. The number of hydrogen-bond acceptors (Lipinski definition) is 1. The number of hydrogen-bond donors (Lipinski definition) is 2. The van der Waals surface area contributed by atoms with Crippen molar-refractivity contribution in [3.63, 3.8) is 0 Å². The van der Waals surface area contributed by atoms with Crippen molar-refractivity contribution in [2.45, 2.75) is 51.5 Å². The Labute approximate surface area is 91.3 Å². The summed E-state index contributed by atoms with van der Waals surface area (Å²) in [6.45, 7) is 4.51. The van der Waals surface area contributed by atoms with Crippen LogP contribution in [0.2, 0.25) is 0 Å². The highest BCUT2D eigenvalue weighted by Gasteiger charge is 2.60. The van der Waals surface area contributed by atoms with E-state index in [1.54, 1.807) is 0 Å². The number of nitrogens with one attached hydrogen (secondary N) is 1. The summed E-state index contributed by atoms with van der Waals surface area (Å²) in [4.78, 5) is 3.57. The molecule has 0 radical (unpaired) electrons. The Morgan fingerprint density at radius 1 is 1.27 bits per heavy atom. The minimum absolute atomic E-state index is 0.0790. The summed E-state index contributed by atoms with van der Waals surface area (Å²) in [5.74, 6) is 0. The molecule has 2 aliphatic carbocycles. The third kappa shape index (κ3) is 1.21. The molecule has 1 fully saturated rings. The molecule has 1 unspecified atom stereocenters. The maximum atomic E-state index is 6.43. The zero-order valence-electron chi connectivity index (χ0n) is 9.69. The molecule has 82 valence electrons. The van der Waals surface area contributed by atoms with Crippen LogP contribution in [0.1, 0.15) is 50.1 Å². The molecule has 3 rings (SSSR count). The summed E-state index contributed by atoms with van der Waals surface area (Å²) in [5.41, 5.74) is 10.9. The fraction of sp³-hybridized carbons (Fsp3) is 0.692. The number of aromatic amines is 1. The zero-order valence-corrected chi connectivity index (χ0v) is 9.69. The molecule has 0 aliphatic heterocycles. The molecule has 0 amide bonds. The number of rotatable bonds is 1. The van der Waals surface area contributed by atoms with Crippen LogP contribution in [-0.2, 0) is 18.4 Å². The first-order valence-electron chi connectivity index (χ1n) is 6.03. The van der Waals surface area contributed by atoms with E-state index in [0.29, 0.717) is 0 Å². The van der Waals surface area contributed by atoms with Gasteiger partial charge < -0.3 is 10.7 Å². The van der Waals surface area contributed by atoms with Crippen molar-refractivity contribution in [1.82, 2.24) is 4.98 Å². The molecule has 0 saturated heterocycles. The number of fused-ring (bicyclic) bond motifs is 1. The van der Waals surface area contributed by atoms with Gasteiger partial charge in [0.1, 0.15) is 0 Å². The predicted molar refractivity (Wildman–Crippen MR) is 61.7 cm³/mol. The normalized spacial score (nSPS) is 32.5. The van der Waals surface area contributed by atoms with E-state index < -0.39 is 0 Å². The van der Waals surface area contributed by atoms with Crippen molar-refractivity contribution < 1.29 is 0 Å². The fourth-order valence-corrected chi connectivity index (χ4v) is 2.96. The summed E-state index contributed by atoms with van der Waals surface area (Å²) in [7, 11) is 0. The SMILES string of the molecule is CC1(C)CC1(N)c1cc2c([nH]1)CCCC2. The van der Waals surface area contributed by atoms with Gasteiger partial charge in [0.2, 0.25) is 0 Å². The van der Waals surface area contributed by atoms with Crippen LogP contribution < -0.4 is 5.73 Å². The molecule has 1 atom stereocenters. The summed E-state index contributed by atoms with van der Waals surface area (Å²) in [5, 5.41) is 0. The van der Waals surface area contributed by atoms with Gasteiger partial charge in [-0.3, -0.25) is 0 Å². The lowest BCUT2D eigenvalue weighted by atomic mass is 9.97. The highest BCUT2D eigenvalue weighted by Crippen LogP contribution is 2.60. The van der Waals surface area contributed by atoms with E-state index in [1.165, 1.54) is 42.6 Å². The second kappa shape index (κ2) is 2.67. The molecule has 1 saturated carbocycles. The summed E-state index contributed by atoms with van der Waals surface area (Å²) in [6, 6.07) is 2.32. The quantitative estimate of drug-likeness (QED) is 0.725. The number of nitrogens with two attached hydrogens (primary N) is 1. The number of aromatic nitrogens is 1. The summed E-state index contributed by atoms with van der Waals surface area (Å²) in [6.07, 6.45) is 6.23. The highest BCUT2D eigenvalue weighted by atomic mass is 15.0. The van der Waals surface area contributed by atoms with E-state index in [4.69, 9.17) is 5.73 Å². The van der Waals surface area contributed by atoms with Crippen LogP contribution in [0.25, 0.3) is 0 Å². The van der Waals surface area contributed by atoms with Crippen LogP contribution in [0.4, 0.5) is 0 Å². The molecule has 1 aromatic heterocycles. The molecular formula is C13H20N2. The first-order chi connectivity index (χ1) is 7.03. The molecule has 2 nitrogen and oxygen atoms in total. The summed E-state index contributed by atoms with van der Waals surface area (Å²) < 4.78 is 0. The van der Waals surface area contributed by atoms with Gasteiger partial charge in [0, 0.05) is 11.4 Å². The third-order valence-electron chi connectivity index (χ3n) is 4.40. The van der Waals surface area contributed by atoms with Crippen LogP contribution in [-0.4, -0.2) is 4.98 Å². The van der Waals surface area contributed by atoms with E-state index in [1.807, 2.05) is 0 Å². The van der Waals surface area contributed by atoms with Crippen molar-refractivity contribution in [2.24, 2.45) is 11.1 Å². The third-order valence-corrected chi connectivity index (χ3v) is 4.40. The second-order valence-corrected chi connectivity index (χ2v) is 5.93. The van der Waals surface area contributed by atoms with Crippen molar-refractivity contribution >= 4 is 0 Å². The minimum Gasteiger partial charge on any atom is -0.360 e. The lowest BCUT2D eigenvalue weighted by Gasteiger charge is -2.13. The fourth-order valence-electron chi connectivity index (χ4n) is 2.96. The molecule has 1 aromatic rings. The van der Waals surface area contributed by atoms with Crippen molar-refractivity contribution in [3.8, 4) is 0 Å². The Morgan fingerprint density at radius 2 is 1.93 bits per heavy atom. The molecular weight excluding hydrogens is 184 g/mol. The Bertz CT molecular complexity index is 379. The van der Waals surface area contributed by atoms with Gasteiger partial charge in [0.05, 0.1) is 5.54 Å². The maximum Gasteiger partial charge on any atom is 0.0620 e. The zero-order chi connectivity index (χ0) is 10.7. The smallest absolute Gasteiger partial charge is 0.0620 e. The van der Waals surface area contributed by atoms with Crippen LogP contribution in [0, 0.1) is 5.41 Å². The van der Waals surface area contributed by atoms with Gasteiger partial charge in [-0.15, -0.1) is 0 Å². The molecule has 2 aliphatic rings. The Kier molecular flexibility index (Phi) is 1.69. The molecule has 3 N–H and O–H groups in total. The lowest BCUT2D eigenvalue weighted by Crippen LogP contribution is -2.25. The van der Waals surface area contributed by atoms with Gasteiger partial charge in [-0.25, -0.2) is 0 Å². The van der Waals surface area contributed by atoms with Crippen LogP contribution >= 0.6 is 0 Å². The van der Waals surface area contributed by atoms with Gasteiger partial charge in [-0.2, -0.15) is 0 Å². The van der Waals surface area contributed by atoms with E-state index in [-0.39, 0.29) is 11.0 Å². The Morgan fingerprint density at radius 3 is 2.53 bits per heavy atom. The minimum atomic E-state index is -0.0790. The molecule has 1 heterocycles. The predicted octanol–water partition coefficient (Wildman–Crippen LogP) is 2.48. The van der Waals surface area contributed by atoms with Crippen LogP contribution in [0.5, 0.6) is 0 Å². The van der Waals surface area contributed by atoms with Crippen molar-refractivity contribution in [1.29, 1.82) is 0 Å². The second-order valence-electron chi connectivity index (χ2n) is 5.93. The van der Waals surface area contributed by atoms with Crippen LogP contribution in [0.15, 0.2) is 6.07 Å². The lowest BCUT2D eigenvalue weighted by molar-refractivity contribution is 0.501. The van der Waals surface area contributed by atoms with E-state index in [9.17, 15) is 0 Å². The van der Waals surface area contributed by atoms with Crippen LogP contribution in [0.3, 0.4) is 0 Å². The average Bonchev–Trinajstić information content (AvgIpc) is 2.61. The Balaban J connectivity index is 1.97. The van der Waals surface area contributed by atoms with Crippen molar-refractivity contribution in [2.75, 3.05) is 0 Å². The monoisotopic (exact) mass is 204 g/mol. The van der Waals surface area contributed by atoms with E-state index >= 15 is 0 Å². The van der Waals surface area contributed by atoms with Crippen molar-refractivity contribution in [3.05, 3.63) is 23.0 Å². The van der Waals surface area contributed by atoms with Gasteiger partial charge in [-0.05, 0) is 49.1 Å². The van der Waals surface area contributed by atoms with Gasteiger partial charge in [0.15, 0.2) is 0 Å². The first-order valence-corrected chi connectivity index (χ1v) is 6.03. The van der Waals surface area contributed by atoms with Gasteiger partial charge in [-0.1, -0.05) is 13.8 Å². The standard InChI is InChI=1S/C13H20N2/c1-12(2)8-13(12,14)11-7-9-5-3-4-6-10(9)15-11/h7,15H,3-6,8,14H2,1-2H3. The molecule has 0 spiro atoms. The number of aryl methyl sites for hydroxylation is 2. The Hall–Kier alpha value is -0.760. The summed E-state index contributed by atoms with van der Waals surface area (Å²) >= 11 is 0.